The molecule has 1 aromatic carbocycles. The lowest BCUT2D eigenvalue weighted by Gasteiger charge is -2.01. The minimum atomic E-state index is 0.655. The maximum Gasteiger partial charge on any atom is 0.150 e. The van der Waals surface area contributed by atoms with Crippen molar-refractivity contribution in [3.63, 3.8) is 0 Å². The average molecular weight is 192 g/mol. The minimum absolute atomic E-state index is 0.655. The highest BCUT2D eigenvalue weighted by Gasteiger charge is 2.04. The third-order valence-corrected chi connectivity index (χ3v) is 2.84. The maximum absolute atomic E-state index is 10.6. The largest absolute Gasteiger partial charge is 0.495 e. The Balaban J connectivity index is 2.77. The van der Waals surface area contributed by atoms with Crippen LogP contribution in [0.3, 0.4) is 0 Å². The van der Waals surface area contributed by atoms with Crippen molar-refractivity contribution in [1.29, 1.82) is 0 Å². The lowest BCUT2D eigenvalue weighted by Crippen LogP contribution is -1.85. The first-order chi connectivity index (χ1) is 6.35. The van der Waals surface area contributed by atoms with Crippen LogP contribution in [-0.2, 0) is 0 Å². The fourth-order valence-corrected chi connectivity index (χ4v) is 2.16. The van der Waals surface area contributed by atoms with Crippen LogP contribution in [0.1, 0.15) is 10.4 Å². The highest BCUT2D eigenvalue weighted by molar-refractivity contribution is 7.17. The summed E-state index contributed by atoms with van der Waals surface area (Å²) >= 11 is 1.62. The first-order valence-electron chi connectivity index (χ1n) is 3.85. The smallest absolute Gasteiger partial charge is 0.150 e. The van der Waals surface area contributed by atoms with Crippen LogP contribution in [-0.4, -0.2) is 13.4 Å². The van der Waals surface area contributed by atoms with E-state index in [1.54, 1.807) is 24.5 Å². The Morgan fingerprint density at radius 1 is 1.46 bits per heavy atom. The molecular formula is C10H8O2S. The van der Waals surface area contributed by atoms with Crippen LogP contribution in [0.5, 0.6) is 5.75 Å². The third kappa shape index (κ3) is 1.31. The van der Waals surface area contributed by atoms with Gasteiger partial charge in [-0.05, 0) is 29.0 Å². The number of carbonyl (C=O) groups is 1. The van der Waals surface area contributed by atoms with Gasteiger partial charge < -0.3 is 4.74 Å². The second-order valence-electron chi connectivity index (χ2n) is 2.68. The van der Waals surface area contributed by atoms with Gasteiger partial charge in [-0.1, -0.05) is 0 Å². The molecule has 2 rings (SSSR count). The number of carbonyl (C=O) groups excluding carboxylic acids is 1. The van der Waals surface area contributed by atoms with Gasteiger partial charge in [0.1, 0.15) is 12.0 Å². The van der Waals surface area contributed by atoms with E-state index < -0.39 is 0 Å². The van der Waals surface area contributed by atoms with Crippen LogP contribution in [0.25, 0.3) is 10.1 Å². The Labute approximate surface area is 79.8 Å². The van der Waals surface area contributed by atoms with Crippen molar-refractivity contribution < 1.29 is 9.53 Å². The second-order valence-corrected chi connectivity index (χ2v) is 3.60. The topological polar surface area (TPSA) is 26.3 Å². The Bertz CT molecular complexity index is 445. The van der Waals surface area contributed by atoms with E-state index in [9.17, 15) is 4.79 Å². The molecule has 1 aromatic heterocycles. The van der Waals surface area contributed by atoms with Gasteiger partial charge in [-0.2, -0.15) is 0 Å². The van der Waals surface area contributed by atoms with E-state index in [0.717, 1.165) is 22.1 Å². The van der Waals surface area contributed by atoms with Crippen molar-refractivity contribution in [1.82, 2.24) is 0 Å². The summed E-state index contributed by atoms with van der Waals surface area (Å²) in [5.74, 6) is 0.773. The van der Waals surface area contributed by atoms with Crippen molar-refractivity contribution in [3.05, 3.63) is 29.1 Å². The lowest BCUT2D eigenvalue weighted by atomic mass is 10.2. The highest BCUT2D eigenvalue weighted by Crippen LogP contribution is 2.31. The van der Waals surface area contributed by atoms with Gasteiger partial charge in [0.05, 0.1) is 11.8 Å². The summed E-state index contributed by atoms with van der Waals surface area (Å²) in [7, 11) is 1.61. The molecule has 2 aromatic rings. The van der Waals surface area contributed by atoms with E-state index in [0.29, 0.717) is 5.56 Å². The number of hydrogen-bond acceptors (Lipinski definition) is 3. The Morgan fingerprint density at radius 2 is 2.31 bits per heavy atom. The molecule has 1 heterocycles. The van der Waals surface area contributed by atoms with Crippen molar-refractivity contribution in [2.24, 2.45) is 0 Å². The van der Waals surface area contributed by atoms with Crippen molar-refractivity contribution in [3.8, 4) is 5.75 Å². The summed E-state index contributed by atoms with van der Waals surface area (Å²) in [6.07, 6.45) is 0.833. The van der Waals surface area contributed by atoms with E-state index in [1.165, 1.54) is 0 Å². The number of rotatable bonds is 2. The minimum Gasteiger partial charge on any atom is -0.495 e. The van der Waals surface area contributed by atoms with Crippen LogP contribution in [0.15, 0.2) is 23.6 Å². The molecule has 0 aliphatic heterocycles. The van der Waals surface area contributed by atoms with Gasteiger partial charge in [0, 0.05) is 5.56 Å². The zero-order chi connectivity index (χ0) is 9.26. The van der Waals surface area contributed by atoms with E-state index in [-0.39, 0.29) is 0 Å². The molecule has 0 atom stereocenters. The summed E-state index contributed by atoms with van der Waals surface area (Å²) in [6, 6.07) is 5.60. The summed E-state index contributed by atoms with van der Waals surface area (Å²) < 4.78 is 6.27. The van der Waals surface area contributed by atoms with Gasteiger partial charge in [0.2, 0.25) is 0 Å². The summed E-state index contributed by atoms with van der Waals surface area (Å²) in [4.78, 5) is 10.6. The van der Waals surface area contributed by atoms with Gasteiger partial charge in [-0.25, -0.2) is 0 Å². The SMILES string of the molecule is COc1cc(C=O)cc2ccsc12. The van der Waals surface area contributed by atoms with E-state index in [2.05, 4.69) is 0 Å². The molecular weight excluding hydrogens is 184 g/mol. The third-order valence-electron chi connectivity index (χ3n) is 1.90. The zero-order valence-electron chi connectivity index (χ0n) is 7.11. The monoisotopic (exact) mass is 192 g/mol. The van der Waals surface area contributed by atoms with Gasteiger partial charge >= 0.3 is 0 Å². The zero-order valence-corrected chi connectivity index (χ0v) is 7.93. The van der Waals surface area contributed by atoms with Crippen LogP contribution < -0.4 is 4.74 Å². The van der Waals surface area contributed by atoms with Crippen molar-refractivity contribution in [2.75, 3.05) is 7.11 Å². The van der Waals surface area contributed by atoms with Crippen molar-refractivity contribution >= 4 is 27.7 Å². The van der Waals surface area contributed by atoms with Gasteiger partial charge in [-0.15, -0.1) is 11.3 Å². The Hall–Kier alpha value is -1.35. The number of hydrogen-bond donors (Lipinski definition) is 0. The first kappa shape index (κ1) is 8.26. The fraction of sp³-hybridized carbons (Fsp3) is 0.100. The summed E-state index contributed by atoms with van der Waals surface area (Å²) in [5.41, 5.74) is 0.655. The molecule has 0 unspecified atom stereocenters. The molecule has 0 radical (unpaired) electrons. The molecule has 3 heteroatoms. The summed E-state index contributed by atoms with van der Waals surface area (Å²) in [5, 5.41) is 3.05. The molecule has 0 saturated heterocycles. The number of methoxy groups -OCH3 is 1. The maximum atomic E-state index is 10.6. The van der Waals surface area contributed by atoms with Crippen LogP contribution in [0, 0.1) is 0 Å². The molecule has 0 saturated carbocycles. The van der Waals surface area contributed by atoms with Gasteiger partial charge in [0.25, 0.3) is 0 Å². The normalized spacial score (nSPS) is 10.2. The number of ether oxygens (including phenoxy) is 1. The van der Waals surface area contributed by atoms with Crippen LogP contribution >= 0.6 is 11.3 Å². The molecule has 66 valence electrons. The molecule has 2 nitrogen and oxygen atoms in total. The average Bonchev–Trinajstić information content (AvgIpc) is 2.63. The molecule has 0 aliphatic rings. The first-order valence-corrected chi connectivity index (χ1v) is 4.73. The second kappa shape index (κ2) is 3.18. The highest BCUT2D eigenvalue weighted by atomic mass is 32.1. The van der Waals surface area contributed by atoms with E-state index in [1.807, 2.05) is 17.5 Å². The predicted octanol–water partition coefficient (Wildman–Crippen LogP) is 2.72. The number of thiophene rings is 1. The molecule has 0 fully saturated rings. The lowest BCUT2D eigenvalue weighted by molar-refractivity contribution is 0.112. The molecule has 0 N–H and O–H groups in total. The molecule has 0 spiro atoms. The fourth-order valence-electron chi connectivity index (χ4n) is 1.29. The van der Waals surface area contributed by atoms with Crippen LogP contribution in [0.4, 0.5) is 0 Å². The van der Waals surface area contributed by atoms with E-state index >= 15 is 0 Å². The molecule has 0 amide bonds. The molecule has 0 aliphatic carbocycles. The quantitative estimate of drug-likeness (QED) is 0.684. The van der Waals surface area contributed by atoms with Crippen molar-refractivity contribution in [2.45, 2.75) is 0 Å². The van der Waals surface area contributed by atoms with Crippen LogP contribution in [0.2, 0.25) is 0 Å². The number of fused-ring (bicyclic) bond motifs is 1. The molecule has 0 bridgehead atoms. The number of aldehydes is 1. The standard InChI is InChI=1S/C10H8O2S/c1-12-9-5-7(6-11)4-8-2-3-13-10(8)9/h2-6H,1H3. The predicted molar refractivity (Wildman–Crippen MR) is 53.8 cm³/mol. The van der Waals surface area contributed by atoms with Gasteiger partial charge in [-0.3, -0.25) is 4.79 Å². The van der Waals surface area contributed by atoms with E-state index in [4.69, 9.17) is 4.74 Å². The Kier molecular flexibility index (Phi) is 2.02. The summed E-state index contributed by atoms with van der Waals surface area (Å²) in [6.45, 7) is 0. The van der Waals surface area contributed by atoms with Gasteiger partial charge in [0.15, 0.2) is 0 Å². The molecule has 13 heavy (non-hydrogen) atoms. The Morgan fingerprint density at radius 3 is 3.00 bits per heavy atom. The number of benzene rings is 1.